The molecule has 0 heterocycles. The van der Waals surface area contributed by atoms with Crippen molar-refractivity contribution in [3.05, 3.63) is 0 Å². The normalized spacial score (nSPS) is 17.0. The van der Waals surface area contributed by atoms with E-state index in [2.05, 4.69) is 23.0 Å². The van der Waals surface area contributed by atoms with Gasteiger partial charge in [-0.1, -0.05) is 40.5 Å². The Morgan fingerprint density at radius 1 is 0.762 bits per heavy atom. The molecular formula is C16H38N2O2Si. The maximum atomic E-state index is 8.35. The Morgan fingerprint density at radius 3 is 1.38 bits per heavy atom. The van der Waals surface area contributed by atoms with Crippen molar-refractivity contribution in [2.75, 3.05) is 39.3 Å². The Balaban J connectivity index is 5.76. The largest absolute Gasteiger partial charge is 0.522 e. The molecule has 4 nitrogen and oxygen atoms in total. The van der Waals surface area contributed by atoms with E-state index in [4.69, 9.17) is 11.6 Å². The Hall–Kier alpha value is 0.0569. The van der Waals surface area contributed by atoms with Crippen LogP contribution in [0.25, 0.3) is 0 Å². The lowest BCUT2D eigenvalue weighted by Gasteiger charge is -2.45. The molecule has 0 aliphatic heterocycles. The van der Waals surface area contributed by atoms with E-state index in [1.54, 1.807) is 0 Å². The lowest BCUT2D eigenvalue weighted by molar-refractivity contribution is 0.0632. The van der Waals surface area contributed by atoms with Crippen molar-refractivity contribution in [1.29, 1.82) is 0 Å². The second-order valence-electron chi connectivity index (χ2n) is 5.02. The van der Waals surface area contributed by atoms with Gasteiger partial charge in [-0.05, 0) is 52.8 Å². The molecule has 0 aromatic heterocycles. The molecule has 0 radical (unpaired) electrons. The van der Waals surface area contributed by atoms with Gasteiger partial charge in [-0.2, -0.15) is 0 Å². The van der Waals surface area contributed by atoms with Crippen molar-refractivity contribution in [2.24, 2.45) is 0 Å². The summed E-state index contributed by atoms with van der Waals surface area (Å²) < 4.78 is 33.4. The monoisotopic (exact) mass is 322 g/mol. The van der Waals surface area contributed by atoms with Crippen molar-refractivity contribution in [2.45, 2.75) is 67.2 Å². The number of rotatable bonds is 14. The molecule has 0 amide bonds. The smallest absolute Gasteiger partial charge is 0.371 e. The van der Waals surface area contributed by atoms with Crippen LogP contribution in [-0.4, -0.2) is 57.4 Å². The highest BCUT2D eigenvalue weighted by Crippen LogP contribution is 2.21. The lowest BCUT2D eigenvalue weighted by atomic mass is 10.3. The van der Waals surface area contributed by atoms with E-state index < -0.39 is 21.9 Å². The molecule has 0 spiro atoms. The zero-order chi connectivity index (χ0) is 17.9. The van der Waals surface area contributed by atoms with Crippen LogP contribution in [0.5, 0.6) is 0 Å². The van der Waals surface area contributed by atoms with Crippen LogP contribution in [0, 0.1) is 0 Å². The first-order chi connectivity index (χ1) is 10.9. The summed E-state index contributed by atoms with van der Waals surface area (Å²) in [6, 6.07) is 0. The van der Waals surface area contributed by atoms with Gasteiger partial charge in [0.1, 0.15) is 0 Å². The Kier molecular flexibility index (Phi) is 10.4. The molecule has 0 bridgehead atoms. The summed E-state index contributed by atoms with van der Waals surface area (Å²) in [5.74, 6) is 0. The molecule has 5 heteroatoms. The molecule has 0 saturated heterocycles. The molecule has 0 aliphatic rings. The Morgan fingerprint density at radius 2 is 1.14 bits per heavy atom. The van der Waals surface area contributed by atoms with Crippen molar-refractivity contribution in [1.82, 2.24) is 9.13 Å². The predicted octanol–water partition coefficient (Wildman–Crippen LogP) is 3.74. The number of unbranched alkanes of at least 4 members (excludes halogenated alkanes) is 2. The van der Waals surface area contributed by atoms with Crippen LogP contribution in [0.1, 0.15) is 70.0 Å². The van der Waals surface area contributed by atoms with Crippen LogP contribution >= 0.6 is 0 Å². The summed E-state index contributed by atoms with van der Waals surface area (Å²) in [6.07, 6.45) is 4.15. The van der Waals surface area contributed by atoms with Gasteiger partial charge in [0.2, 0.25) is 0 Å². The molecule has 0 aromatic carbocycles. The second kappa shape index (κ2) is 12.6. The van der Waals surface area contributed by atoms with E-state index in [9.17, 15) is 0 Å². The van der Waals surface area contributed by atoms with Gasteiger partial charge in [-0.3, -0.25) is 9.13 Å². The summed E-state index contributed by atoms with van der Waals surface area (Å²) in [5, 5.41) is 0. The molecule has 2 unspecified atom stereocenters. The summed E-state index contributed by atoms with van der Waals surface area (Å²) in [6.45, 7) is 13.8. The van der Waals surface area contributed by atoms with Gasteiger partial charge < -0.3 is 8.85 Å². The van der Waals surface area contributed by atoms with Crippen molar-refractivity contribution >= 4 is 8.88 Å². The highest BCUT2D eigenvalue weighted by molar-refractivity contribution is 6.61. The molecule has 0 aliphatic carbocycles. The topological polar surface area (TPSA) is 24.9 Å². The zero-order valence-corrected chi connectivity index (χ0v) is 16.0. The average Bonchev–Trinajstić information content (AvgIpc) is 2.47. The van der Waals surface area contributed by atoms with Gasteiger partial charge in [-0.15, -0.1) is 0 Å². The van der Waals surface area contributed by atoms with Gasteiger partial charge in [0.15, 0.2) is 0 Å². The Labute approximate surface area is 137 Å². The zero-order valence-electron chi connectivity index (χ0n) is 17.0. The van der Waals surface area contributed by atoms with Gasteiger partial charge in [-0.25, -0.2) is 0 Å². The van der Waals surface area contributed by atoms with Crippen molar-refractivity contribution < 1.29 is 11.6 Å². The molecule has 0 saturated carbocycles. The summed E-state index contributed by atoms with van der Waals surface area (Å²) in [4.78, 5) is 0. The Bertz CT molecular complexity index is 269. The van der Waals surface area contributed by atoms with Crippen LogP contribution in [-0.2, 0) is 8.85 Å². The van der Waals surface area contributed by atoms with Gasteiger partial charge in [0.05, 0.1) is 0 Å². The third-order valence-corrected chi connectivity index (χ3v) is 7.26. The fourth-order valence-corrected chi connectivity index (χ4v) is 5.80. The maximum Gasteiger partial charge on any atom is 0.522 e. The first-order valence-corrected chi connectivity index (χ1v) is 10.3. The fraction of sp³-hybridized carbons (Fsp3) is 1.00. The van der Waals surface area contributed by atoms with Crippen LogP contribution in [0.3, 0.4) is 0 Å². The molecule has 0 rings (SSSR count). The van der Waals surface area contributed by atoms with Crippen LogP contribution in [0.15, 0.2) is 0 Å². The van der Waals surface area contributed by atoms with Crippen molar-refractivity contribution in [3.63, 3.8) is 0 Å². The van der Waals surface area contributed by atoms with Crippen molar-refractivity contribution in [3.8, 4) is 0 Å². The third-order valence-electron chi connectivity index (χ3n) is 3.52. The maximum absolute atomic E-state index is 8.35. The quantitative estimate of drug-likeness (QED) is 0.455. The molecule has 21 heavy (non-hydrogen) atoms. The minimum atomic E-state index is -2.96. The fourth-order valence-electron chi connectivity index (χ4n) is 2.44. The highest BCUT2D eigenvalue weighted by Gasteiger charge is 2.50. The molecular weight excluding hydrogens is 280 g/mol. The van der Waals surface area contributed by atoms with E-state index in [1.165, 1.54) is 0 Å². The van der Waals surface area contributed by atoms with Crippen LogP contribution < -0.4 is 0 Å². The highest BCUT2D eigenvalue weighted by atomic mass is 28.4. The average molecular weight is 323 g/mol. The number of hydrogen-bond donors (Lipinski definition) is 0. The van der Waals surface area contributed by atoms with E-state index in [-0.39, 0.29) is 0 Å². The minimum absolute atomic E-state index is 0.408. The molecule has 0 N–H and O–H groups in total. The third kappa shape index (κ3) is 6.36. The summed E-state index contributed by atoms with van der Waals surface area (Å²) in [5.41, 5.74) is 0. The van der Waals surface area contributed by atoms with Gasteiger partial charge >= 0.3 is 8.88 Å². The van der Waals surface area contributed by atoms with E-state index in [0.717, 1.165) is 38.8 Å². The van der Waals surface area contributed by atoms with Crippen LogP contribution in [0.2, 0.25) is 0 Å². The first kappa shape index (κ1) is 17.4. The van der Waals surface area contributed by atoms with E-state index in [1.807, 2.05) is 27.7 Å². The molecule has 2 atom stereocenters. The van der Waals surface area contributed by atoms with E-state index >= 15 is 0 Å². The van der Waals surface area contributed by atoms with Gasteiger partial charge in [0, 0.05) is 16.0 Å². The molecule has 0 aromatic rings. The van der Waals surface area contributed by atoms with E-state index in [0.29, 0.717) is 13.2 Å². The standard InChI is InChI=1S/C16H38N2O2Si/c1-7-13-15-17(9-3)21(19-11-5,20-12-6)18(10-4)16-14-8-2/h7-16H2,1-6H3/i9T,10T. The molecule has 0 fully saturated rings. The van der Waals surface area contributed by atoms with Crippen LogP contribution in [0.4, 0.5) is 0 Å². The predicted molar refractivity (Wildman–Crippen MR) is 93.3 cm³/mol. The number of hydrogen-bond acceptors (Lipinski definition) is 4. The summed E-state index contributed by atoms with van der Waals surface area (Å²) >= 11 is 0. The minimum Gasteiger partial charge on any atom is -0.371 e. The lowest BCUT2D eigenvalue weighted by Crippen LogP contribution is -2.70. The first-order valence-electron chi connectivity index (χ1n) is 9.72. The second-order valence-corrected chi connectivity index (χ2v) is 7.85. The number of nitrogens with zero attached hydrogens (tertiary/aromatic N) is 2. The summed E-state index contributed by atoms with van der Waals surface area (Å²) in [7, 11) is -2.96. The SMILES string of the molecule is [3H]C(C)N(CCCC)[Si](OCC)(OCC)N(CCCC)C([3H])C. The molecule has 128 valence electrons. The van der Waals surface area contributed by atoms with Gasteiger partial charge in [0.25, 0.3) is 0 Å².